The van der Waals surface area contributed by atoms with Crippen molar-refractivity contribution in [2.45, 2.75) is 56.7 Å². The van der Waals surface area contributed by atoms with Gasteiger partial charge in [0.1, 0.15) is 0 Å². The monoisotopic (exact) mass is 282 g/mol. The molecule has 1 amide bonds. The predicted molar refractivity (Wildman–Crippen MR) is 77.6 cm³/mol. The van der Waals surface area contributed by atoms with E-state index in [1.54, 1.807) is 6.08 Å². The molecule has 0 unspecified atom stereocenters. The van der Waals surface area contributed by atoms with Crippen molar-refractivity contribution in [3.63, 3.8) is 0 Å². The van der Waals surface area contributed by atoms with E-state index in [1.165, 1.54) is 0 Å². The normalized spacial score (nSPS) is 23.0. The van der Waals surface area contributed by atoms with E-state index < -0.39 is 5.54 Å². The first-order valence-electron chi connectivity index (χ1n) is 7.77. The summed E-state index contributed by atoms with van der Waals surface area (Å²) in [5.41, 5.74) is 2.49. The molecule has 0 bridgehead atoms. The lowest BCUT2D eigenvalue weighted by Gasteiger charge is -2.23. The highest BCUT2D eigenvalue weighted by atomic mass is 16.2. The van der Waals surface area contributed by atoms with Gasteiger partial charge < -0.3 is 4.90 Å². The molecule has 0 radical (unpaired) electrons. The highest BCUT2D eigenvalue weighted by Crippen LogP contribution is 2.43. The highest BCUT2D eigenvalue weighted by molar-refractivity contribution is 5.99. The Bertz CT molecular complexity index is 651. The average Bonchev–Trinajstić information content (AvgIpc) is 3.14. The molecule has 4 rings (SSSR count). The van der Waals surface area contributed by atoms with Gasteiger partial charge in [-0.3, -0.25) is 4.79 Å². The molecule has 1 aromatic carbocycles. The maximum atomic E-state index is 12.5. The van der Waals surface area contributed by atoms with E-state index in [2.05, 4.69) is 11.1 Å². The van der Waals surface area contributed by atoms with Crippen molar-refractivity contribution in [1.29, 1.82) is 0 Å². The van der Waals surface area contributed by atoms with Gasteiger partial charge in [0, 0.05) is 18.2 Å². The number of aliphatic imine (C=N–C) groups is 1. The molecule has 1 aromatic rings. The van der Waals surface area contributed by atoms with Crippen LogP contribution in [0.2, 0.25) is 0 Å². The van der Waals surface area contributed by atoms with Crippen LogP contribution < -0.4 is 0 Å². The second-order valence-corrected chi connectivity index (χ2v) is 6.48. The molecule has 4 heteroatoms. The third-order valence-corrected chi connectivity index (χ3v) is 5.16. The van der Waals surface area contributed by atoms with Crippen LogP contribution in [0, 0.1) is 0 Å². The Balaban J connectivity index is 1.73. The van der Waals surface area contributed by atoms with Gasteiger partial charge in [-0.25, -0.2) is 4.79 Å². The predicted octanol–water partition coefficient (Wildman–Crippen LogP) is 2.91. The van der Waals surface area contributed by atoms with Gasteiger partial charge in [-0.1, -0.05) is 25.0 Å². The van der Waals surface area contributed by atoms with Crippen molar-refractivity contribution in [2.24, 2.45) is 4.99 Å². The summed E-state index contributed by atoms with van der Waals surface area (Å²) >= 11 is 0. The zero-order valence-electron chi connectivity index (χ0n) is 12.0. The lowest BCUT2D eigenvalue weighted by molar-refractivity contribution is 0.0766. The molecule has 2 aliphatic carbocycles. The van der Waals surface area contributed by atoms with Crippen LogP contribution in [0.15, 0.2) is 23.2 Å². The quantitative estimate of drug-likeness (QED) is 0.632. The minimum absolute atomic E-state index is 0.151. The summed E-state index contributed by atoms with van der Waals surface area (Å²) in [5.74, 6) is 0.151. The first-order chi connectivity index (χ1) is 10.2. The summed E-state index contributed by atoms with van der Waals surface area (Å²) in [6, 6.07) is 6.52. The number of hydrogen-bond donors (Lipinski definition) is 0. The van der Waals surface area contributed by atoms with Crippen LogP contribution in [0.1, 0.15) is 60.0 Å². The molecule has 0 saturated heterocycles. The van der Waals surface area contributed by atoms with Crippen LogP contribution in [-0.4, -0.2) is 22.9 Å². The molecule has 0 spiro atoms. The van der Waals surface area contributed by atoms with E-state index >= 15 is 0 Å². The smallest absolute Gasteiger partial charge is 0.254 e. The number of carbonyl (C=O) groups excluding carboxylic acids is 2. The minimum atomic E-state index is -0.440. The van der Waals surface area contributed by atoms with Crippen molar-refractivity contribution in [3.8, 4) is 0 Å². The van der Waals surface area contributed by atoms with E-state index in [4.69, 9.17) is 0 Å². The van der Waals surface area contributed by atoms with Gasteiger partial charge in [0.2, 0.25) is 6.08 Å². The van der Waals surface area contributed by atoms with Gasteiger partial charge in [0.15, 0.2) is 0 Å². The largest absolute Gasteiger partial charge is 0.331 e. The molecule has 21 heavy (non-hydrogen) atoms. The number of rotatable bonds is 3. The molecule has 2 fully saturated rings. The molecular formula is C17H18N2O2. The van der Waals surface area contributed by atoms with E-state index in [9.17, 15) is 9.59 Å². The number of carbonyl (C=O) groups is 1. The fraction of sp³-hybridized carbons (Fsp3) is 0.529. The summed E-state index contributed by atoms with van der Waals surface area (Å²) in [7, 11) is 0. The summed E-state index contributed by atoms with van der Waals surface area (Å²) in [6.07, 6.45) is 7.91. The number of benzene rings is 1. The summed E-state index contributed by atoms with van der Waals surface area (Å²) in [6.45, 7) is 0.739. The molecule has 1 heterocycles. The number of hydrogen-bond acceptors (Lipinski definition) is 3. The standard InChI is InChI=1S/C17H18N2O2/c20-11-18-17(7-1-2-8-17)13-4-3-12-10-19(14-5-6-14)16(21)15(12)9-13/h3-4,9,14H,1-2,5-8,10H2. The number of fused-ring (bicyclic) bond motifs is 1. The van der Waals surface area contributed by atoms with Gasteiger partial charge in [0.25, 0.3) is 5.91 Å². The van der Waals surface area contributed by atoms with Crippen LogP contribution in [-0.2, 0) is 16.9 Å². The maximum absolute atomic E-state index is 12.5. The Morgan fingerprint density at radius 1 is 1.24 bits per heavy atom. The molecule has 4 nitrogen and oxygen atoms in total. The third kappa shape index (κ3) is 1.94. The number of amides is 1. The van der Waals surface area contributed by atoms with E-state index in [-0.39, 0.29) is 5.91 Å². The SMILES string of the molecule is O=C=NC1(c2ccc3c(c2)C(=O)N(C2CC2)C3)CCCC1. The van der Waals surface area contributed by atoms with E-state index in [0.29, 0.717) is 6.04 Å². The lowest BCUT2D eigenvalue weighted by atomic mass is 9.87. The van der Waals surface area contributed by atoms with Crippen LogP contribution in [0.4, 0.5) is 0 Å². The van der Waals surface area contributed by atoms with Crippen molar-refractivity contribution in [1.82, 2.24) is 4.90 Å². The van der Waals surface area contributed by atoms with Gasteiger partial charge >= 0.3 is 0 Å². The van der Waals surface area contributed by atoms with E-state index in [1.807, 2.05) is 17.0 Å². The van der Waals surface area contributed by atoms with Crippen molar-refractivity contribution in [3.05, 3.63) is 34.9 Å². The van der Waals surface area contributed by atoms with Crippen molar-refractivity contribution in [2.75, 3.05) is 0 Å². The van der Waals surface area contributed by atoms with Crippen LogP contribution in [0.5, 0.6) is 0 Å². The van der Waals surface area contributed by atoms with Crippen molar-refractivity contribution < 1.29 is 9.59 Å². The number of isocyanates is 1. The molecule has 2 saturated carbocycles. The first-order valence-corrected chi connectivity index (χ1v) is 7.77. The zero-order valence-corrected chi connectivity index (χ0v) is 12.0. The minimum Gasteiger partial charge on any atom is -0.331 e. The second-order valence-electron chi connectivity index (χ2n) is 6.48. The Morgan fingerprint density at radius 2 is 2.00 bits per heavy atom. The van der Waals surface area contributed by atoms with Crippen LogP contribution in [0.25, 0.3) is 0 Å². The van der Waals surface area contributed by atoms with Gasteiger partial charge in [-0.05, 0) is 42.9 Å². The Labute approximate surface area is 123 Å². The summed E-state index contributed by atoms with van der Waals surface area (Å²) in [4.78, 5) is 29.4. The third-order valence-electron chi connectivity index (χ3n) is 5.16. The molecule has 1 aliphatic heterocycles. The topological polar surface area (TPSA) is 49.7 Å². The molecular weight excluding hydrogens is 264 g/mol. The Hall–Kier alpha value is -1.93. The van der Waals surface area contributed by atoms with Crippen LogP contribution in [0.3, 0.4) is 0 Å². The van der Waals surface area contributed by atoms with Gasteiger partial charge in [-0.2, -0.15) is 4.99 Å². The Kier molecular flexibility index (Phi) is 2.76. The van der Waals surface area contributed by atoms with Crippen LogP contribution >= 0.6 is 0 Å². The molecule has 0 N–H and O–H groups in total. The fourth-order valence-electron chi connectivity index (χ4n) is 3.81. The maximum Gasteiger partial charge on any atom is 0.254 e. The lowest BCUT2D eigenvalue weighted by Crippen LogP contribution is -2.26. The zero-order chi connectivity index (χ0) is 14.4. The molecule has 3 aliphatic rings. The fourth-order valence-corrected chi connectivity index (χ4v) is 3.81. The highest BCUT2D eigenvalue weighted by Gasteiger charge is 2.40. The second kappa shape index (κ2) is 4.54. The summed E-state index contributed by atoms with van der Waals surface area (Å²) in [5, 5.41) is 0. The molecule has 108 valence electrons. The summed E-state index contributed by atoms with van der Waals surface area (Å²) < 4.78 is 0. The molecule has 0 atom stereocenters. The van der Waals surface area contributed by atoms with E-state index in [0.717, 1.165) is 61.8 Å². The van der Waals surface area contributed by atoms with Crippen molar-refractivity contribution >= 4 is 12.0 Å². The average molecular weight is 282 g/mol. The Morgan fingerprint density at radius 3 is 2.67 bits per heavy atom. The molecule has 0 aromatic heterocycles. The van der Waals surface area contributed by atoms with Gasteiger partial charge in [0.05, 0.1) is 5.54 Å². The number of nitrogens with zero attached hydrogens (tertiary/aromatic N) is 2. The van der Waals surface area contributed by atoms with Gasteiger partial charge in [-0.15, -0.1) is 0 Å². The first kappa shape index (κ1) is 12.8.